The fourth-order valence-corrected chi connectivity index (χ4v) is 2.51. The summed E-state index contributed by atoms with van der Waals surface area (Å²) in [6.07, 6.45) is 2.56. The van der Waals surface area contributed by atoms with Crippen LogP contribution in [0.5, 0.6) is 0 Å². The molecule has 0 amide bonds. The molecule has 0 radical (unpaired) electrons. The van der Waals surface area contributed by atoms with Gasteiger partial charge in [-0.25, -0.2) is 0 Å². The molecule has 0 spiro atoms. The molecule has 0 atom stereocenters. The highest BCUT2D eigenvalue weighted by Gasteiger charge is 2.23. The fourth-order valence-electron chi connectivity index (χ4n) is 2.51. The van der Waals surface area contributed by atoms with Gasteiger partial charge in [-0.2, -0.15) is 0 Å². The molecule has 1 aliphatic rings. The van der Waals surface area contributed by atoms with Crippen molar-refractivity contribution in [2.75, 3.05) is 5.32 Å². The van der Waals surface area contributed by atoms with Crippen LogP contribution in [0.15, 0.2) is 42.5 Å². The van der Waals surface area contributed by atoms with Crippen LogP contribution in [0.4, 0.5) is 11.4 Å². The third-order valence-corrected chi connectivity index (χ3v) is 3.83. The Hall–Kier alpha value is -2.36. The first-order valence-corrected chi connectivity index (χ1v) is 7.21. The van der Waals surface area contributed by atoms with Crippen molar-refractivity contribution in [3.05, 3.63) is 69.3 Å². The summed E-state index contributed by atoms with van der Waals surface area (Å²) in [6.45, 7) is 2.46. The minimum atomic E-state index is -0.337. The Labute approximate surface area is 124 Å². The van der Waals surface area contributed by atoms with E-state index in [-0.39, 0.29) is 10.6 Å². The Kier molecular flexibility index (Phi) is 3.60. The second kappa shape index (κ2) is 5.56. The van der Waals surface area contributed by atoms with Crippen molar-refractivity contribution >= 4 is 11.4 Å². The summed E-state index contributed by atoms with van der Waals surface area (Å²) in [5.41, 5.74) is 4.14. The van der Waals surface area contributed by atoms with Crippen LogP contribution >= 0.6 is 0 Å². The maximum absolute atomic E-state index is 11.1. The van der Waals surface area contributed by atoms with Crippen molar-refractivity contribution in [2.45, 2.75) is 32.2 Å². The van der Waals surface area contributed by atoms with E-state index in [4.69, 9.17) is 0 Å². The Morgan fingerprint density at radius 2 is 2.05 bits per heavy atom. The lowest BCUT2D eigenvalue weighted by atomic mass is 10.1. The number of nitro groups is 1. The molecule has 1 fully saturated rings. The van der Waals surface area contributed by atoms with E-state index >= 15 is 0 Å². The normalized spacial score (nSPS) is 14.0. The summed E-state index contributed by atoms with van der Waals surface area (Å²) in [5, 5.41) is 14.3. The van der Waals surface area contributed by atoms with Gasteiger partial charge in [-0.3, -0.25) is 10.1 Å². The summed E-state index contributed by atoms with van der Waals surface area (Å²) < 4.78 is 0. The molecule has 0 bridgehead atoms. The lowest BCUT2D eigenvalue weighted by Gasteiger charge is -2.09. The quantitative estimate of drug-likeness (QED) is 0.653. The summed E-state index contributed by atoms with van der Waals surface area (Å²) in [4.78, 5) is 10.8. The van der Waals surface area contributed by atoms with Gasteiger partial charge in [0, 0.05) is 12.6 Å². The zero-order chi connectivity index (χ0) is 14.8. The van der Waals surface area contributed by atoms with Crippen LogP contribution in [0, 0.1) is 17.0 Å². The SMILES string of the molecule is Cc1ccc(NCc2cccc(C3CC3)c2)c([N+](=O)[O-])c1. The van der Waals surface area contributed by atoms with Crippen molar-refractivity contribution in [3.8, 4) is 0 Å². The van der Waals surface area contributed by atoms with Gasteiger partial charge in [0.15, 0.2) is 0 Å². The molecule has 1 aliphatic carbocycles. The number of nitro benzene ring substituents is 1. The molecule has 4 nitrogen and oxygen atoms in total. The second-order valence-electron chi connectivity index (χ2n) is 5.65. The number of hydrogen-bond donors (Lipinski definition) is 1. The largest absolute Gasteiger partial charge is 0.375 e. The standard InChI is InChI=1S/C17H18N2O2/c1-12-5-8-16(17(9-12)19(20)21)18-11-13-3-2-4-15(10-13)14-6-7-14/h2-5,8-10,14,18H,6-7,11H2,1H3. The van der Waals surface area contributed by atoms with Crippen LogP contribution < -0.4 is 5.32 Å². The van der Waals surface area contributed by atoms with Gasteiger partial charge >= 0.3 is 0 Å². The summed E-state index contributed by atoms with van der Waals surface area (Å²) in [6, 6.07) is 13.7. The third-order valence-electron chi connectivity index (χ3n) is 3.83. The van der Waals surface area contributed by atoms with E-state index in [2.05, 4.69) is 29.6 Å². The van der Waals surface area contributed by atoms with E-state index in [9.17, 15) is 10.1 Å². The van der Waals surface area contributed by atoms with Gasteiger partial charge in [-0.1, -0.05) is 30.3 Å². The average Bonchev–Trinajstić information content (AvgIpc) is 3.31. The molecule has 21 heavy (non-hydrogen) atoms. The first kappa shape index (κ1) is 13.6. The predicted molar refractivity (Wildman–Crippen MR) is 83.6 cm³/mol. The first-order valence-electron chi connectivity index (χ1n) is 7.21. The van der Waals surface area contributed by atoms with E-state index in [1.807, 2.05) is 13.0 Å². The van der Waals surface area contributed by atoms with Gasteiger partial charge in [-0.05, 0) is 48.4 Å². The smallest absolute Gasteiger partial charge is 0.292 e. The molecule has 0 saturated heterocycles. The van der Waals surface area contributed by atoms with Gasteiger partial charge in [0.2, 0.25) is 0 Å². The molecule has 2 aromatic carbocycles. The molecule has 2 aromatic rings. The van der Waals surface area contributed by atoms with E-state index in [0.717, 1.165) is 17.0 Å². The monoisotopic (exact) mass is 282 g/mol. The van der Waals surface area contributed by atoms with E-state index in [1.54, 1.807) is 12.1 Å². The lowest BCUT2D eigenvalue weighted by molar-refractivity contribution is -0.384. The van der Waals surface area contributed by atoms with Gasteiger partial charge in [0.1, 0.15) is 5.69 Å². The predicted octanol–water partition coefficient (Wildman–Crippen LogP) is 4.39. The Morgan fingerprint density at radius 3 is 2.76 bits per heavy atom. The highest BCUT2D eigenvalue weighted by Crippen LogP contribution is 2.40. The lowest BCUT2D eigenvalue weighted by Crippen LogP contribution is -2.03. The van der Waals surface area contributed by atoms with E-state index in [1.165, 1.54) is 18.4 Å². The summed E-state index contributed by atoms with van der Waals surface area (Å²) in [5.74, 6) is 0.721. The molecule has 0 unspecified atom stereocenters. The molecule has 108 valence electrons. The molecule has 0 aromatic heterocycles. The van der Waals surface area contributed by atoms with Crippen molar-refractivity contribution in [2.24, 2.45) is 0 Å². The van der Waals surface area contributed by atoms with Crippen LogP contribution in [0.25, 0.3) is 0 Å². The summed E-state index contributed by atoms with van der Waals surface area (Å²) >= 11 is 0. The number of hydrogen-bond acceptors (Lipinski definition) is 3. The highest BCUT2D eigenvalue weighted by molar-refractivity contribution is 5.62. The zero-order valence-corrected chi connectivity index (χ0v) is 12.0. The number of rotatable bonds is 5. The summed E-state index contributed by atoms with van der Waals surface area (Å²) in [7, 11) is 0. The van der Waals surface area contributed by atoms with Gasteiger partial charge in [0.25, 0.3) is 5.69 Å². The maximum Gasteiger partial charge on any atom is 0.292 e. The van der Waals surface area contributed by atoms with Crippen LogP contribution in [0.1, 0.15) is 35.4 Å². The molecule has 1 saturated carbocycles. The van der Waals surface area contributed by atoms with Crippen LogP contribution in [-0.2, 0) is 6.54 Å². The molecule has 1 N–H and O–H groups in total. The topological polar surface area (TPSA) is 55.2 Å². The molecule has 0 aliphatic heterocycles. The minimum absolute atomic E-state index is 0.133. The van der Waals surface area contributed by atoms with Gasteiger partial charge in [-0.15, -0.1) is 0 Å². The maximum atomic E-state index is 11.1. The first-order chi connectivity index (χ1) is 10.1. The molecular formula is C17H18N2O2. The average molecular weight is 282 g/mol. The zero-order valence-electron chi connectivity index (χ0n) is 12.0. The van der Waals surface area contributed by atoms with Crippen LogP contribution in [0.3, 0.4) is 0 Å². The van der Waals surface area contributed by atoms with Crippen molar-refractivity contribution in [3.63, 3.8) is 0 Å². The number of nitrogens with zero attached hydrogens (tertiary/aromatic N) is 1. The van der Waals surface area contributed by atoms with Crippen LogP contribution in [0.2, 0.25) is 0 Å². The number of benzene rings is 2. The minimum Gasteiger partial charge on any atom is -0.375 e. The fraction of sp³-hybridized carbons (Fsp3) is 0.294. The van der Waals surface area contributed by atoms with Crippen LogP contribution in [-0.4, -0.2) is 4.92 Å². The van der Waals surface area contributed by atoms with Crippen molar-refractivity contribution < 1.29 is 4.92 Å². The number of nitrogens with one attached hydrogen (secondary N) is 1. The molecule has 0 heterocycles. The Bertz CT molecular complexity index is 678. The Balaban J connectivity index is 1.75. The van der Waals surface area contributed by atoms with Gasteiger partial charge < -0.3 is 5.32 Å². The molecule has 3 rings (SSSR count). The van der Waals surface area contributed by atoms with E-state index in [0.29, 0.717) is 12.2 Å². The molecular weight excluding hydrogens is 264 g/mol. The van der Waals surface area contributed by atoms with E-state index < -0.39 is 0 Å². The highest BCUT2D eigenvalue weighted by atomic mass is 16.6. The Morgan fingerprint density at radius 1 is 1.24 bits per heavy atom. The molecule has 4 heteroatoms. The third kappa shape index (κ3) is 3.21. The number of anilines is 1. The second-order valence-corrected chi connectivity index (χ2v) is 5.65. The van der Waals surface area contributed by atoms with Gasteiger partial charge in [0.05, 0.1) is 4.92 Å². The van der Waals surface area contributed by atoms with Crippen molar-refractivity contribution in [1.29, 1.82) is 0 Å². The van der Waals surface area contributed by atoms with Crippen molar-refractivity contribution in [1.82, 2.24) is 0 Å². The number of aryl methyl sites for hydroxylation is 1.